The topological polar surface area (TPSA) is 42.1 Å². The Morgan fingerprint density at radius 1 is 1.37 bits per heavy atom. The Hall–Kier alpha value is -0.740. The Morgan fingerprint density at radius 2 is 2.11 bits per heavy atom. The van der Waals surface area contributed by atoms with E-state index in [4.69, 9.17) is 5.73 Å². The number of rotatable bonds is 8. The molecule has 3 nitrogen and oxygen atoms in total. The summed E-state index contributed by atoms with van der Waals surface area (Å²) in [6, 6.07) is 4.91. The van der Waals surface area contributed by atoms with E-state index in [1.165, 1.54) is 5.56 Å². The first kappa shape index (κ1) is 16.3. The Kier molecular flexibility index (Phi) is 7.24. The molecule has 0 amide bonds. The summed E-state index contributed by atoms with van der Waals surface area (Å²) in [5.74, 6) is 2.22. The number of nitrogens with zero attached hydrogens (tertiary/aromatic N) is 2. The van der Waals surface area contributed by atoms with Gasteiger partial charge in [-0.05, 0) is 37.1 Å². The van der Waals surface area contributed by atoms with Gasteiger partial charge >= 0.3 is 0 Å². The van der Waals surface area contributed by atoms with Crippen LogP contribution < -0.4 is 10.6 Å². The monoisotopic (exact) mass is 281 g/mol. The molecule has 0 bridgehead atoms. The van der Waals surface area contributed by atoms with Gasteiger partial charge in [-0.3, -0.25) is 0 Å². The Balaban J connectivity index is 2.91. The third-order valence-corrected chi connectivity index (χ3v) is 4.30. The number of pyridine rings is 1. The van der Waals surface area contributed by atoms with Crippen molar-refractivity contribution in [3.05, 3.63) is 23.9 Å². The molecule has 0 aromatic carbocycles. The zero-order chi connectivity index (χ0) is 14.3. The summed E-state index contributed by atoms with van der Waals surface area (Å²) in [4.78, 5) is 6.89. The molecule has 0 radical (unpaired) electrons. The molecule has 1 aromatic heterocycles. The highest BCUT2D eigenvalue weighted by molar-refractivity contribution is 7.98. The van der Waals surface area contributed by atoms with E-state index < -0.39 is 0 Å². The number of thioether (sulfide) groups is 1. The highest BCUT2D eigenvalue weighted by Crippen LogP contribution is 2.22. The predicted molar refractivity (Wildman–Crippen MR) is 87.1 cm³/mol. The lowest BCUT2D eigenvalue weighted by Gasteiger charge is -2.29. The Bertz CT molecular complexity index is 370. The van der Waals surface area contributed by atoms with Crippen molar-refractivity contribution in [3.63, 3.8) is 0 Å². The smallest absolute Gasteiger partial charge is 0.131 e. The van der Waals surface area contributed by atoms with E-state index in [1.54, 1.807) is 0 Å². The summed E-state index contributed by atoms with van der Waals surface area (Å²) in [6.07, 6.45) is 7.06. The zero-order valence-corrected chi connectivity index (χ0v) is 13.4. The summed E-state index contributed by atoms with van der Waals surface area (Å²) in [5, 5.41) is 0. The van der Waals surface area contributed by atoms with E-state index >= 15 is 0 Å². The molecule has 1 aromatic rings. The molecule has 0 aliphatic heterocycles. The average molecular weight is 281 g/mol. The largest absolute Gasteiger partial charge is 0.356 e. The van der Waals surface area contributed by atoms with Crippen molar-refractivity contribution >= 4 is 17.6 Å². The predicted octanol–water partition coefficient (Wildman–Crippen LogP) is 2.94. The number of anilines is 1. The molecule has 2 N–H and O–H groups in total. The van der Waals surface area contributed by atoms with E-state index in [2.05, 4.69) is 43.1 Å². The fourth-order valence-corrected chi connectivity index (χ4v) is 3.05. The van der Waals surface area contributed by atoms with Crippen molar-refractivity contribution in [2.45, 2.75) is 45.2 Å². The van der Waals surface area contributed by atoms with Crippen LogP contribution in [-0.2, 0) is 6.42 Å². The fourth-order valence-electron chi connectivity index (χ4n) is 2.20. The van der Waals surface area contributed by atoms with Crippen molar-refractivity contribution < 1.29 is 0 Å². The van der Waals surface area contributed by atoms with Crippen LogP contribution in [0, 0.1) is 0 Å². The first-order valence-corrected chi connectivity index (χ1v) is 8.44. The standard InChI is InChI=1S/C15H27N3S/c1-5-13(16)10-12-8-7-9-17-15(12)18(3)14(6-2)11-19-4/h7-9,13-14H,5-6,10-11,16H2,1-4H3. The molecular formula is C15H27N3S. The first-order chi connectivity index (χ1) is 9.13. The second-order valence-electron chi connectivity index (χ2n) is 4.99. The molecule has 0 fully saturated rings. The van der Waals surface area contributed by atoms with Crippen molar-refractivity contribution in [3.8, 4) is 0 Å². The van der Waals surface area contributed by atoms with Crippen LogP contribution in [0.15, 0.2) is 18.3 Å². The van der Waals surface area contributed by atoms with Crippen molar-refractivity contribution in [2.75, 3.05) is 24.0 Å². The van der Waals surface area contributed by atoms with E-state index in [0.717, 1.165) is 30.8 Å². The molecule has 0 aliphatic rings. The second kappa shape index (κ2) is 8.43. The molecule has 1 heterocycles. The van der Waals surface area contributed by atoms with E-state index in [1.807, 2.05) is 24.0 Å². The number of nitrogens with two attached hydrogens (primary N) is 1. The van der Waals surface area contributed by atoms with Crippen LogP contribution in [0.1, 0.15) is 32.3 Å². The minimum Gasteiger partial charge on any atom is -0.356 e. The van der Waals surface area contributed by atoms with Crippen LogP contribution in [0.25, 0.3) is 0 Å². The molecule has 0 aliphatic carbocycles. The van der Waals surface area contributed by atoms with Crippen LogP contribution >= 0.6 is 11.8 Å². The first-order valence-electron chi connectivity index (χ1n) is 7.05. The fraction of sp³-hybridized carbons (Fsp3) is 0.667. The van der Waals surface area contributed by atoms with Crippen LogP contribution in [-0.4, -0.2) is 36.1 Å². The lowest BCUT2D eigenvalue weighted by Crippen LogP contribution is -2.35. The molecule has 0 spiro atoms. The minimum absolute atomic E-state index is 0.219. The van der Waals surface area contributed by atoms with Gasteiger partial charge in [0, 0.05) is 31.1 Å². The maximum absolute atomic E-state index is 6.09. The highest BCUT2D eigenvalue weighted by atomic mass is 32.2. The van der Waals surface area contributed by atoms with Crippen LogP contribution in [0.4, 0.5) is 5.82 Å². The van der Waals surface area contributed by atoms with Crippen LogP contribution in [0.3, 0.4) is 0 Å². The van der Waals surface area contributed by atoms with Crippen LogP contribution in [0.2, 0.25) is 0 Å². The number of hydrogen-bond donors (Lipinski definition) is 1. The molecule has 4 heteroatoms. The minimum atomic E-state index is 0.219. The van der Waals surface area contributed by atoms with Gasteiger partial charge in [0.15, 0.2) is 0 Å². The van der Waals surface area contributed by atoms with Crippen LogP contribution in [0.5, 0.6) is 0 Å². The van der Waals surface area contributed by atoms with Gasteiger partial charge in [-0.25, -0.2) is 4.98 Å². The maximum Gasteiger partial charge on any atom is 0.131 e. The number of aromatic nitrogens is 1. The van der Waals surface area contributed by atoms with Crippen molar-refractivity contribution in [2.24, 2.45) is 5.73 Å². The van der Waals surface area contributed by atoms with Gasteiger partial charge in [-0.1, -0.05) is 19.9 Å². The summed E-state index contributed by atoms with van der Waals surface area (Å²) >= 11 is 1.89. The number of hydrogen-bond acceptors (Lipinski definition) is 4. The van der Waals surface area contributed by atoms with Crippen molar-refractivity contribution in [1.29, 1.82) is 0 Å². The Labute approximate surface area is 122 Å². The zero-order valence-electron chi connectivity index (χ0n) is 12.6. The SMILES string of the molecule is CCC(N)Cc1cccnc1N(C)C(CC)CSC. The molecular weight excluding hydrogens is 254 g/mol. The van der Waals surface area contributed by atoms with Gasteiger partial charge in [0.1, 0.15) is 5.82 Å². The third-order valence-electron chi connectivity index (χ3n) is 3.59. The molecule has 0 saturated carbocycles. The van der Waals surface area contributed by atoms with Gasteiger partial charge in [0.2, 0.25) is 0 Å². The average Bonchev–Trinajstić information content (AvgIpc) is 2.44. The summed E-state index contributed by atoms with van der Waals surface area (Å²) in [6.45, 7) is 4.37. The Morgan fingerprint density at radius 3 is 2.68 bits per heavy atom. The summed E-state index contributed by atoms with van der Waals surface area (Å²) < 4.78 is 0. The lowest BCUT2D eigenvalue weighted by molar-refractivity contribution is 0.631. The quantitative estimate of drug-likeness (QED) is 0.795. The summed E-state index contributed by atoms with van der Waals surface area (Å²) in [7, 11) is 2.15. The molecule has 1 rings (SSSR count). The maximum atomic E-state index is 6.09. The van der Waals surface area contributed by atoms with Gasteiger partial charge in [0.25, 0.3) is 0 Å². The summed E-state index contributed by atoms with van der Waals surface area (Å²) in [5.41, 5.74) is 7.35. The molecule has 108 valence electrons. The third kappa shape index (κ3) is 4.69. The lowest BCUT2D eigenvalue weighted by atomic mass is 10.0. The van der Waals surface area contributed by atoms with Gasteiger partial charge in [0.05, 0.1) is 0 Å². The molecule has 2 atom stereocenters. The van der Waals surface area contributed by atoms with E-state index in [0.29, 0.717) is 6.04 Å². The van der Waals surface area contributed by atoms with E-state index in [9.17, 15) is 0 Å². The van der Waals surface area contributed by atoms with Gasteiger partial charge in [-0.2, -0.15) is 11.8 Å². The van der Waals surface area contributed by atoms with Gasteiger partial charge < -0.3 is 10.6 Å². The highest BCUT2D eigenvalue weighted by Gasteiger charge is 2.17. The second-order valence-corrected chi connectivity index (χ2v) is 5.90. The molecule has 19 heavy (non-hydrogen) atoms. The normalized spacial score (nSPS) is 14.2. The van der Waals surface area contributed by atoms with E-state index in [-0.39, 0.29) is 6.04 Å². The van der Waals surface area contributed by atoms with Crippen molar-refractivity contribution in [1.82, 2.24) is 4.98 Å². The molecule has 2 unspecified atom stereocenters. The molecule has 0 saturated heterocycles. The van der Waals surface area contributed by atoms with Gasteiger partial charge in [-0.15, -0.1) is 0 Å².